The van der Waals surface area contributed by atoms with Crippen molar-refractivity contribution in [2.24, 2.45) is 4.99 Å². The van der Waals surface area contributed by atoms with Crippen LogP contribution in [0.15, 0.2) is 17.1 Å². The highest BCUT2D eigenvalue weighted by atomic mass is 35.5. The maximum atomic E-state index is 11.6. The number of rotatable bonds is 8. The molecule has 128 valence electrons. The Labute approximate surface area is 147 Å². The van der Waals surface area contributed by atoms with Crippen LogP contribution in [0.5, 0.6) is 0 Å². The number of amides is 1. The fourth-order valence-electron chi connectivity index (χ4n) is 2.17. The van der Waals surface area contributed by atoms with Crippen molar-refractivity contribution in [2.75, 3.05) is 20.1 Å². The molecular weight excluding hydrogens is 332 g/mol. The minimum atomic E-state index is 0.147. The smallest absolute Gasteiger partial charge is 0.220 e. The summed E-state index contributed by atoms with van der Waals surface area (Å²) in [6.07, 6.45) is 3.58. The van der Waals surface area contributed by atoms with Gasteiger partial charge in [0.05, 0.1) is 10.9 Å². The molecule has 0 unspecified atom stereocenters. The van der Waals surface area contributed by atoms with Crippen LogP contribution in [-0.4, -0.2) is 42.9 Å². The Kier molecular flexibility index (Phi) is 7.17. The van der Waals surface area contributed by atoms with Crippen LogP contribution in [0.3, 0.4) is 0 Å². The lowest BCUT2D eigenvalue weighted by molar-refractivity contribution is -0.121. The van der Waals surface area contributed by atoms with E-state index < -0.39 is 0 Å². The SMILES string of the molecule is CCNC(=NCCCC(=O)NC1CC1)N(C)Cc1ccc(Cl)s1. The van der Waals surface area contributed by atoms with Crippen molar-refractivity contribution in [1.82, 2.24) is 15.5 Å². The number of halogens is 1. The second kappa shape index (κ2) is 9.13. The third kappa shape index (κ3) is 6.79. The maximum Gasteiger partial charge on any atom is 0.220 e. The van der Waals surface area contributed by atoms with Gasteiger partial charge in [-0.1, -0.05) is 11.6 Å². The van der Waals surface area contributed by atoms with E-state index in [1.165, 1.54) is 4.88 Å². The molecule has 0 atom stereocenters. The van der Waals surface area contributed by atoms with Gasteiger partial charge in [0.2, 0.25) is 5.91 Å². The third-order valence-electron chi connectivity index (χ3n) is 3.48. The van der Waals surface area contributed by atoms with Crippen LogP contribution in [0.2, 0.25) is 4.34 Å². The van der Waals surface area contributed by atoms with E-state index in [0.29, 0.717) is 19.0 Å². The number of guanidine groups is 1. The molecule has 0 bridgehead atoms. The van der Waals surface area contributed by atoms with Crippen LogP contribution < -0.4 is 10.6 Å². The molecule has 1 fully saturated rings. The predicted octanol–water partition coefficient (Wildman–Crippen LogP) is 2.86. The molecule has 0 spiro atoms. The Hall–Kier alpha value is -1.27. The van der Waals surface area contributed by atoms with Gasteiger partial charge in [0.25, 0.3) is 0 Å². The zero-order chi connectivity index (χ0) is 16.7. The molecule has 1 heterocycles. The standard InChI is InChI=1S/C16H25ClN4OS/c1-3-18-16(21(2)11-13-8-9-14(17)23-13)19-10-4-5-15(22)20-12-6-7-12/h8-9,12H,3-7,10-11H2,1-2H3,(H,18,19)(H,20,22). The molecule has 7 heteroatoms. The Morgan fingerprint density at radius 3 is 2.87 bits per heavy atom. The monoisotopic (exact) mass is 356 g/mol. The Morgan fingerprint density at radius 1 is 1.48 bits per heavy atom. The van der Waals surface area contributed by atoms with Gasteiger partial charge in [0.1, 0.15) is 0 Å². The number of carbonyl (C=O) groups excluding carboxylic acids is 1. The van der Waals surface area contributed by atoms with Crippen molar-refractivity contribution in [3.8, 4) is 0 Å². The molecule has 1 saturated carbocycles. The quantitative estimate of drug-likeness (QED) is 0.428. The van der Waals surface area contributed by atoms with E-state index in [1.807, 2.05) is 19.2 Å². The summed E-state index contributed by atoms with van der Waals surface area (Å²) in [7, 11) is 2.01. The van der Waals surface area contributed by atoms with Crippen molar-refractivity contribution in [1.29, 1.82) is 0 Å². The van der Waals surface area contributed by atoms with Gasteiger partial charge >= 0.3 is 0 Å². The second-order valence-electron chi connectivity index (χ2n) is 5.74. The molecule has 0 aliphatic heterocycles. The molecule has 23 heavy (non-hydrogen) atoms. The Morgan fingerprint density at radius 2 is 2.26 bits per heavy atom. The number of thiophene rings is 1. The van der Waals surface area contributed by atoms with Crippen LogP contribution in [-0.2, 0) is 11.3 Å². The van der Waals surface area contributed by atoms with Crippen LogP contribution in [0.25, 0.3) is 0 Å². The van der Waals surface area contributed by atoms with E-state index in [1.54, 1.807) is 11.3 Å². The first-order chi connectivity index (χ1) is 11.1. The lowest BCUT2D eigenvalue weighted by atomic mass is 10.3. The normalized spacial score (nSPS) is 14.7. The van der Waals surface area contributed by atoms with Gasteiger partial charge in [-0.3, -0.25) is 9.79 Å². The number of hydrogen-bond acceptors (Lipinski definition) is 3. The van der Waals surface area contributed by atoms with Gasteiger partial charge in [0.15, 0.2) is 5.96 Å². The molecule has 0 radical (unpaired) electrons. The fourth-order valence-corrected chi connectivity index (χ4v) is 3.31. The summed E-state index contributed by atoms with van der Waals surface area (Å²) in [5.74, 6) is 1.01. The number of aliphatic imine (C=N–C) groups is 1. The van der Waals surface area contributed by atoms with Gasteiger partial charge in [0, 0.05) is 37.5 Å². The van der Waals surface area contributed by atoms with E-state index in [-0.39, 0.29) is 5.91 Å². The zero-order valence-corrected chi connectivity index (χ0v) is 15.3. The van der Waals surface area contributed by atoms with Gasteiger partial charge in [-0.25, -0.2) is 0 Å². The topological polar surface area (TPSA) is 56.7 Å². The van der Waals surface area contributed by atoms with E-state index in [2.05, 4.69) is 27.4 Å². The zero-order valence-electron chi connectivity index (χ0n) is 13.8. The first kappa shape index (κ1) is 18.1. The second-order valence-corrected chi connectivity index (χ2v) is 7.54. The van der Waals surface area contributed by atoms with Gasteiger partial charge in [-0.2, -0.15) is 0 Å². The Bertz CT molecular complexity index is 542. The predicted molar refractivity (Wildman–Crippen MR) is 97.2 cm³/mol. The summed E-state index contributed by atoms with van der Waals surface area (Å²) in [6, 6.07) is 4.39. The van der Waals surface area contributed by atoms with Crippen molar-refractivity contribution in [3.05, 3.63) is 21.3 Å². The molecule has 2 N–H and O–H groups in total. The van der Waals surface area contributed by atoms with Crippen molar-refractivity contribution in [2.45, 2.75) is 45.2 Å². The van der Waals surface area contributed by atoms with Crippen molar-refractivity contribution >= 4 is 34.8 Å². The van der Waals surface area contributed by atoms with E-state index in [0.717, 1.165) is 42.6 Å². The summed E-state index contributed by atoms with van der Waals surface area (Å²) in [5.41, 5.74) is 0. The molecule has 5 nitrogen and oxygen atoms in total. The van der Waals surface area contributed by atoms with Crippen molar-refractivity contribution in [3.63, 3.8) is 0 Å². The number of carbonyl (C=O) groups is 1. The maximum absolute atomic E-state index is 11.6. The largest absolute Gasteiger partial charge is 0.357 e. The summed E-state index contributed by atoms with van der Waals surface area (Å²) < 4.78 is 0.803. The van der Waals surface area contributed by atoms with Crippen LogP contribution in [0, 0.1) is 0 Å². The van der Waals surface area contributed by atoms with Gasteiger partial charge in [-0.15, -0.1) is 11.3 Å². The first-order valence-corrected chi connectivity index (χ1v) is 9.31. The first-order valence-electron chi connectivity index (χ1n) is 8.11. The molecule has 1 aromatic rings. The number of nitrogens with one attached hydrogen (secondary N) is 2. The lowest BCUT2D eigenvalue weighted by Crippen LogP contribution is -2.38. The highest BCUT2D eigenvalue weighted by molar-refractivity contribution is 7.16. The van der Waals surface area contributed by atoms with Crippen LogP contribution >= 0.6 is 22.9 Å². The average Bonchev–Trinajstić information content (AvgIpc) is 3.23. The molecule has 1 amide bonds. The average molecular weight is 357 g/mol. The minimum Gasteiger partial charge on any atom is -0.357 e. The molecule has 0 aromatic carbocycles. The van der Waals surface area contributed by atoms with Gasteiger partial charge < -0.3 is 15.5 Å². The molecule has 2 rings (SSSR count). The third-order valence-corrected chi connectivity index (χ3v) is 4.70. The summed E-state index contributed by atoms with van der Waals surface area (Å²) in [6.45, 7) is 4.28. The summed E-state index contributed by atoms with van der Waals surface area (Å²) >= 11 is 7.56. The molecule has 0 saturated heterocycles. The fraction of sp³-hybridized carbons (Fsp3) is 0.625. The van der Waals surface area contributed by atoms with Crippen LogP contribution in [0.4, 0.5) is 0 Å². The number of hydrogen-bond donors (Lipinski definition) is 2. The molecule has 1 aliphatic rings. The lowest BCUT2D eigenvalue weighted by Gasteiger charge is -2.21. The van der Waals surface area contributed by atoms with E-state index >= 15 is 0 Å². The molecule has 1 aromatic heterocycles. The van der Waals surface area contributed by atoms with Gasteiger partial charge in [-0.05, 0) is 38.3 Å². The van der Waals surface area contributed by atoms with Crippen LogP contribution in [0.1, 0.15) is 37.5 Å². The minimum absolute atomic E-state index is 0.147. The van der Waals surface area contributed by atoms with Crippen molar-refractivity contribution < 1.29 is 4.79 Å². The summed E-state index contributed by atoms with van der Waals surface area (Å²) in [4.78, 5) is 19.5. The molecule has 1 aliphatic carbocycles. The number of nitrogens with zero attached hydrogens (tertiary/aromatic N) is 2. The Balaban J connectivity index is 1.77. The highest BCUT2D eigenvalue weighted by Crippen LogP contribution is 2.22. The molecular formula is C16H25ClN4OS. The van der Waals surface area contributed by atoms with E-state index in [4.69, 9.17) is 11.6 Å². The van der Waals surface area contributed by atoms with E-state index in [9.17, 15) is 4.79 Å². The summed E-state index contributed by atoms with van der Waals surface area (Å²) in [5, 5.41) is 6.29. The highest BCUT2D eigenvalue weighted by Gasteiger charge is 2.22.